The summed E-state index contributed by atoms with van der Waals surface area (Å²) in [5.74, 6) is -0.194. The second kappa shape index (κ2) is 8.06. The van der Waals surface area contributed by atoms with E-state index in [0.29, 0.717) is 21.9 Å². The summed E-state index contributed by atoms with van der Waals surface area (Å²) < 4.78 is 14.7. The average molecular weight is 404 g/mol. The lowest BCUT2D eigenvalue weighted by Gasteiger charge is -2.12. The molecule has 1 aromatic carbocycles. The number of hydrogen-bond acceptors (Lipinski definition) is 5. The van der Waals surface area contributed by atoms with Crippen LogP contribution in [-0.2, 0) is 11.3 Å². The number of aromatic nitrogens is 2. The van der Waals surface area contributed by atoms with E-state index in [1.807, 2.05) is 5.38 Å². The van der Waals surface area contributed by atoms with Crippen molar-refractivity contribution >= 4 is 39.2 Å². The zero-order valence-electron chi connectivity index (χ0n) is 14.9. The molecule has 0 radical (unpaired) electrons. The standard InChI is InChI=1S/C19H18FN3O2S2/c1-4-9-23-18(25)16-14(12-5-7-13(20)8-6-12)10-26-17(16)21-19(23)27-11-15(24)22(2)3/h4-8,10H,1,9,11H2,2-3H3. The highest BCUT2D eigenvalue weighted by Gasteiger charge is 2.18. The number of thiophene rings is 1. The van der Waals surface area contributed by atoms with Crippen LogP contribution < -0.4 is 5.56 Å². The number of carbonyl (C=O) groups excluding carboxylic acids is 1. The molecular formula is C19H18FN3O2S2. The maximum Gasteiger partial charge on any atom is 0.263 e. The molecule has 0 saturated carbocycles. The Kier molecular flexibility index (Phi) is 5.76. The monoisotopic (exact) mass is 403 g/mol. The van der Waals surface area contributed by atoms with Gasteiger partial charge in [-0.1, -0.05) is 30.0 Å². The van der Waals surface area contributed by atoms with Gasteiger partial charge >= 0.3 is 0 Å². The van der Waals surface area contributed by atoms with Crippen LogP contribution in [0.5, 0.6) is 0 Å². The molecule has 0 fully saturated rings. The molecule has 8 heteroatoms. The minimum absolute atomic E-state index is 0.0577. The lowest BCUT2D eigenvalue weighted by atomic mass is 10.1. The topological polar surface area (TPSA) is 55.2 Å². The second-order valence-corrected chi connectivity index (χ2v) is 7.81. The Morgan fingerprint density at radius 2 is 2.07 bits per heavy atom. The van der Waals surface area contributed by atoms with E-state index in [9.17, 15) is 14.0 Å². The summed E-state index contributed by atoms with van der Waals surface area (Å²) in [6.07, 6.45) is 1.62. The van der Waals surface area contributed by atoms with Gasteiger partial charge in [0.1, 0.15) is 10.6 Å². The van der Waals surface area contributed by atoms with Crippen molar-refractivity contribution in [3.63, 3.8) is 0 Å². The molecule has 3 aromatic rings. The minimum atomic E-state index is -0.329. The largest absolute Gasteiger partial charge is 0.348 e. The third kappa shape index (κ3) is 3.96. The van der Waals surface area contributed by atoms with Crippen LogP contribution in [0.2, 0.25) is 0 Å². The van der Waals surface area contributed by atoms with Crippen molar-refractivity contribution in [2.45, 2.75) is 11.7 Å². The van der Waals surface area contributed by atoms with Crippen LogP contribution in [0.25, 0.3) is 21.3 Å². The van der Waals surface area contributed by atoms with Gasteiger partial charge in [-0.15, -0.1) is 17.9 Å². The maximum absolute atomic E-state index is 13.2. The molecule has 0 saturated heterocycles. The van der Waals surface area contributed by atoms with E-state index >= 15 is 0 Å². The van der Waals surface area contributed by atoms with Crippen molar-refractivity contribution in [3.8, 4) is 11.1 Å². The molecule has 140 valence electrons. The van der Waals surface area contributed by atoms with Crippen molar-refractivity contribution in [1.29, 1.82) is 0 Å². The van der Waals surface area contributed by atoms with Crippen LogP contribution in [0, 0.1) is 5.82 Å². The molecule has 0 bridgehead atoms. The summed E-state index contributed by atoms with van der Waals surface area (Å²) in [4.78, 5) is 31.7. The molecule has 0 aliphatic heterocycles. The zero-order valence-corrected chi connectivity index (χ0v) is 16.6. The summed E-state index contributed by atoms with van der Waals surface area (Å²) in [7, 11) is 3.37. The number of carbonyl (C=O) groups is 1. The molecule has 0 spiro atoms. The van der Waals surface area contributed by atoms with Crippen LogP contribution in [-0.4, -0.2) is 40.2 Å². The highest BCUT2D eigenvalue weighted by atomic mass is 32.2. The zero-order chi connectivity index (χ0) is 19.6. The number of allylic oxidation sites excluding steroid dienone is 1. The average Bonchev–Trinajstić information content (AvgIpc) is 3.07. The van der Waals surface area contributed by atoms with E-state index in [1.54, 1.807) is 32.3 Å². The van der Waals surface area contributed by atoms with E-state index < -0.39 is 0 Å². The van der Waals surface area contributed by atoms with Crippen LogP contribution >= 0.6 is 23.1 Å². The van der Waals surface area contributed by atoms with Gasteiger partial charge in [-0.3, -0.25) is 14.2 Å². The lowest BCUT2D eigenvalue weighted by molar-refractivity contribution is -0.125. The van der Waals surface area contributed by atoms with Crippen LogP contribution in [0.3, 0.4) is 0 Å². The highest BCUT2D eigenvalue weighted by molar-refractivity contribution is 7.99. The Morgan fingerprint density at radius 1 is 1.37 bits per heavy atom. The first kappa shape index (κ1) is 19.3. The van der Waals surface area contributed by atoms with Crippen molar-refractivity contribution in [1.82, 2.24) is 14.5 Å². The molecule has 0 N–H and O–H groups in total. The maximum atomic E-state index is 13.2. The van der Waals surface area contributed by atoms with Gasteiger partial charge in [-0.2, -0.15) is 0 Å². The molecule has 0 atom stereocenters. The highest BCUT2D eigenvalue weighted by Crippen LogP contribution is 2.32. The van der Waals surface area contributed by atoms with Crippen molar-refractivity contribution < 1.29 is 9.18 Å². The van der Waals surface area contributed by atoms with Crippen molar-refractivity contribution in [2.75, 3.05) is 19.8 Å². The predicted octanol–water partition coefficient (Wildman–Crippen LogP) is 3.63. The number of thioether (sulfide) groups is 1. The SMILES string of the molecule is C=CCn1c(SCC(=O)N(C)C)nc2scc(-c3ccc(F)cc3)c2c1=O. The molecule has 27 heavy (non-hydrogen) atoms. The normalized spacial score (nSPS) is 10.9. The lowest BCUT2D eigenvalue weighted by Crippen LogP contribution is -2.26. The van der Waals surface area contributed by atoms with Crippen LogP contribution in [0.1, 0.15) is 0 Å². The van der Waals surface area contributed by atoms with Gasteiger partial charge in [0, 0.05) is 31.6 Å². The van der Waals surface area contributed by atoms with Gasteiger partial charge in [0.2, 0.25) is 5.91 Å². The minimum Gasteiger partial charge on any atom is -0.348 e. The Balaban J connectivity index is 2.10. The Bertz CT molecular complexity index is 1060. The fraction of sp³-hybridized carbons (Fsp3) is 0.211. The molecule has 0 aliphatic carbocycles. The van der Waals surface area contributed by atoms with E-state index in [-0.39, 0.29) is 23.0 Å². The summed E-state index contributed by atoms with van der Waals surface area (Å²) in [5.41, 5.74) is 1.29. The fourth-order valence-electron chi connectivity index (χ4n) is 2.50. The Labute approximate surface area is 164 Å². The number of fused-ring (bicyclic) bond motifs is 1. The van der Waals surface area contributed by atoms with Gasteiger partial charge in [0.15, 0.2) is 5.16 Å². The number of rotatable bonds is 6. The van der Waals surface area contributed by atoms with Gasteiger partial charge in [0.25, 0.3) is 5.56 Å². The third-order valence-electron chi connectivity index (χ3n) is 3.95. The van der Waals surface area contributed by atoms with Crippen LogP contribution in [0.15, 0.2) is 52.3 Å². The summed E-state index contributed by atoms with van der Waals surface area (Å²) in [6.45, 7) is 4.00. The first-order valence-corrected chi connectivity index (χ1v) is 10.0. The first-order chi connectivity index (χ1) is 12.9. The van der Waals surface area contributed by atoms with Crippen LogP contribution in [0.4, 0.5) is 4.39 Å². The van der Waals surface area contributed by atoms with Gasteiger partial charge < -0.3 is 4.90 Å². The number of nitrogens with zero attached hydrogens (tertiary/aromatic N) is 3. The van der Waals surface area contributed by atoms with Crippen molar-refractivity contribution in [3.05, 3.63) is 58.5 Å². The molecule has 1 amide bonds. The van der Waals surface area contributed by atoms with E-state index in [0.717, 1.165) is 11.1 Å². The third-order valence-corrected chi connectivity index (χ3v) is 5.78. The predicted molar refractivity (Wildman–Crippen MR) is 109 cm³/mol. The van der Waals surface area contributed by atoms with E-state index in [4.69, 9.17) is 0 Å². The summed E-state index contributed by atoms with van der Waals surface area (Å²) in [6, 6.07) is 6.02. The molecule has 2 heterocycles. The first-order valence-electron chi connectivity index (χ1n) is 8.14. The number of hydrogen-bond donors (Lipinski definition) is 0. The second-order valence-electron chi connectivity index (χ2n) is 6.01. The fourth-order valence-corrected chi connectivity index (χ4v) is 4.48. The molecule has 5 nitrogen and oxygen atoms in total. The summed E-state index contributed by atoms with van der Waals surface area (Å²) >= 11 is 2.59. The Morgan fingerprint density at radius 3 is 2.70 bits per heavy atom. The quantitative estimate of drug-likeness (QED) is 0.358. The molecule has 2 aromatic heterocycles. The Hall–Kier alpha value is -2.45. The van der Waals surface area contributed by atoms with Gasteiger partial charge in [-0.05, 0) is 17.7 Å². The van der Waals surface area contributed by atoms with E-state index in [1.165, 1.54) is 44.7 Å². The number of amides is 1. The van der Waals surface area contributed by atoms with E-state index in [2.05, 4.69) is 11.6 Å². The molecule has 0 aliphatic rings. The van der Waals surface area contributed by atoms with Gasteiger partial charge in [0.05, 0.1) is 11.1 Å². The summed E-state index contributed by atoms with van der Waals surface area (Å²) in [5, 5.41) is 2.83. The molecule has 0 unspecified atom stereocenters. The molecular weight excluding hydrogens is 385 g/mol. The number of benzene rings is 1. The van der Waals surface area contributed by atoms with Crippen molar-refractivity contribution in [2.24, 2.45) is 0 Å². The molecule has 3 rings (SSSR count). The smallest absolute Gasteiger partial charge is 0.263 e. The van der Waals surface area contributed by atoms with Gasteiger partial charge in [-0.25, -0.2) is 9.37 Å². The number of halogens is 1.